The highest BCUT2D eigenvalue weighted by molar-refractivity contribution is 5.78. The van der Waals surface area contributed by atoms with E-state index in [4.69, 9.17) is 0 Å². The van der Waals surface area contributed by atoms with Crippen LogP contribution < -0.4 is 5.32 Å². The summed E-state index contributed by atoms with van der Waals surface area (Å²) in [4.78, 5) is 13.9. The predicted octanol–water partition coefficient (Wildman–Crippen LogP) is 1.85. The van der Waals surface area contributed by atoms with Crippen LogP contribution in [0.1, 0.15) is 51.9 Å². The second-order valence-corrected chi connectivity index (χ2v) is 6.06. The average Bonchev–Trinajstić information content (AvgIpc) is 3.13. The van der Waals surface area contributed by atoms with Crippen LogP contribution in [0.5, 0.6) is 0 Å². The Bertz CT molecular complexity index is 284. The lowest BCUT2D eigenvalue weighted by molar-refractivity contribution is -0.144. The molecule has 2 rings (SSSR count). The minimum Gasteiger partial charge on any atom is -0.480 e. The highest BCUT2D eigenvalue weighted by Gasteiger charge is 2.38. The number of carboxylic acids is 1. The highest BCUT2D eigenvalue weighted by atomic mass is 16.4. The number of carboxylic acid groups (broad SMARTS) is 1. The Labute approximate surface area is 110 Å². The van der Waals surface area contributed by atoms with Crippen molar-refractivity contribution in [2.24, 2.45) is 0 Å². The van der Waals surface area contributed by atoms with Crippen LogP contribution in [0.4, 0.5) is 0 Å². The van der Waals surface area contributed by atoms with Crippen molar-refractivity contribution in [3.8, 4) is 0 Å². The fourth-order valence-electron chi connectivity index (χ4n) is 2.66. The Kier molecular flexibility index (Phi) is 4.62. The average molecular weight is 254 g/mol. The van der Waals surface area contributed by atoms with E-state index in [0.29, 0.717) is 12.5 Å². The summed E-state index contributed by atoms with van der Waals surface area (Å²) in [7, 11) is 0. The van der Waals surface area contributed by atoms with Gasteiger partial charge in [0.1, 0.15) is 5.54 Å². The maximum atomic E-state index is 11.4. The lowest BCUT2D eigenvalue weighted by Crippen LogP contribution is -2.52. The SMILES string of the molecule is CC(CCN1CCCCCC1)(NC1CC1)C(=O)O. The molecule has 104 valence electrons. The van der Waals surface area contributed by atoms with Gasteiger partial charge >= 0.3 is 5.97 Å². The fourth-order valence-corrected chi connectivity index (χ4v) is 2.66. The van der Waals surface area contributed by atoms with Gasteiger partial charge in [0.25, 0.3) is 0 Å². The van der Waals surface area contributed by atoms with Crippen LogP contribution >= 0.6 is 0 Å². The van der Waals surface area contributed by atoms with Crippen LogP contribution in [0.2, 0.25) is 0 Å². The second kappa shape index (κ2) is 6.02. The topological polar surface area (TPSA) is 52.6 Å². The van der Waals surface area contributed by atoms with Gasteiger partial charge in [0.05, 0.1) is 0 Å². The summed E-state index contributed by atoms with van der Waals surface area (Å²) in [5.74, 6) is -0.704. The number of nitrogens with zero attached hydrogens (tertiary/aromatic N) is 1. The van der Waals surface area contributed by atoms with Crippen molar-refractivity contribution in [1.29, 1.82) is 0 Å². The van der Waals surface area contributed by atoms with E-state index in [2.05, 4.69) is 10.2 Å². The first-order chi connectivity index (χ1) is 8.60. The van der Waals surface area contributed by atoms with Crippen LogP contribution in [-0.2, 0) is 4.79 Å². The van der Waals surface area contributed by atoms with Crippen molar-refractivity contribution >= 4 is 5.97 Å². The zero-order valence-corrected chi connectivity index (χ0v) is 11.5. The lowest BCUT2D eigenvalue weighted by atomic mass is 9.97. The molecule has 1 saturated heterocycles. The van der Waals surface area contributed by atoms with E-state index in [0.717, 1.165) is 32.5 Å². The van der Waals surface area contributed by atoms with E-state index in [9.17, 15) is 9.90 Å². The van der Waals surface area contributed by atoms with E-state index in [1.54, 1.807) is 0 Å². The molecule has 4 nitrogen and oxygen atoms in total. The Hall–Kier alpha value is -0.610. The van der Waals surface area contributed by atoms with Crippen molar-refractivity contribution in [2.45, 2.75) is 63.5 Å². The highest BCUT2D eigenvalue weighted by Crippen LogP contribution is 2.24. The van der Waals surface area contributed by atoms with Gasteiger partial charge in [-0.25, -0.2) is 0 Å². The largest absolute Gasteiger partial charge is 0.480 e. The quantitative estimate of drug-likeness (QED) is 0.759. The molecule has 0 bridgehead atoms. The molecule has 4 heteroatoms. The maximum absolute atomic E-state index is 11.4. The van der Waals surface area contributed by atoms with E-state index in [1.807, 2.05) is 6.92 Å². The molecule has 1 heterocycles. The normalized spacial score (nSPS) is 25.4. The zero-order chi connectivity index (χ0) is 13.0. The molecule has 0 radical (unpaired) electrons. The van der Waals surface area contributed by atoms with Gasteiger partial charge in [-0.2, -0.15) is 0 Å². The minimum atomic E-state index is -0.743. The number of hydrogen-bond donors (Lipinski definition) is 2. The van der Waals surface area contributed by atoms with E-state index >= 15 is 0 Å². The predicted molar refractivity (Wildman–Crippen MR) is 71.7 cm³/mol. The first-order valence-corrected chi connectivity index (χ1v) is 7.34. The molecule has 0 aromatic carbocycles. The number of carbonyl (C=O) groups is 1. The molecule has 0 aromatic rings. The molecule has 1 unspecified atom stereocenters. The third-order valence-corrected chi connectivity index (χ3v) is 4.20. The summed E-state index contributed by atoms with van der Waals surface area (Å²) >= 11 is 0. The first kappa shape index (κ1) is 13.8. The molecule has 2 fully saturated rings. The minimum absolute atomic E-state index is 0.440. The smallest absolute Gasteiger partial charge is 0.323 e. The van der Waals surface area contributed by atoms with E-state index in [1.165, 1.54) is 25.7 Å². The van der Waals surface area contributed by atoms with Gasteiger partial charge in [-0.1, -0.05) is 12.8 Å². The van der Waals surface area contributed by atoms with Gasteiger partial charge in [-0.15, -0.1) is 0 Å². The van der Waals surface area contributed by atoms with Crippen LogP contribution in [-0.4, -0.2) is 47.2 Å². The second-order valence-electron chi connectivity index (χ2n) is 6.06. The lowest BCUT2D eigenvalue weighted by Gasteiger charge is -2.29. The molecule has 18 heavy (non-hydrogen) atoms. The molecule has 1 atom stereocenters. The Morgan fingerprint density at radius 1 is 1.28 bits per heavy atom. The van der Waals surface area contributed by atoms with Crippen molar-refractivity contribution in [3.63, 3.8) is 0 Å². The fraction of sp³-hybridized carbons (Fsp3) is 0.929. The molecule has 1 saturated carbocycles. The summed E-state index contributed by atoms with van der Waals surface area (Å²) in [6, 6.07) is 0.440. The van der Waals surface area contributed by atoms with E-state index in [-0.39, 0.29) is 0 Å². The van der Waals surface area contributed by atoms with Crippen LogP contribution in [0, 0.1) is 0 Å². The molecule has 1 aliphatic carbocycles. The van der Waals surface area contributed by atoms with Crippen LogP contribution in [0.3, 0.4) is 0 Å². The van der Waals surface area contributed by atoms with E-state index < -0.39 is 11.5 Å². The van der Waals surface area contributed by atoms with Crippen LogP contribution in [0.25, 0.3) is 0 Å². The van der Waals surface area contributed by atoms with Gasteiger partial charge in [0, 0.05) is 12.6 Å². The Morgan fingerprint density at radius 3 is 2.39 bits per heavy atom. The molecule has 0 aromatic heterocycles. The maximum Gasteiger partial charge on any atom is 0.323 e. The molecule has 2 N–H and O–H groups in total. The molecule has 0 spiro atoms. The molecule has 2 aliphatic rings. The van der Waals surface area contributed by atoms with Crippen molar-refractivity contribution in [1.82, 2.24) is 10.2 Å². The molecule has 0 amide bonds. The third-order valence-electron chi connectivity index (χ3n) is 4.20. The van der Waals surface area contributed by atoms with Crippen molar-refractivity contribution in [2.75, 3.05) is 19.6 Å². The van der Waals surface area contributed by atoms with Gasteiger partial charge in [0.15, 0.2) is 0 Å². The zero-order valence-electron chi connectivity index (χ0n) is 11.5. The van der Waals surface area contributed by atoms with Gasteiger partial charge in [0.2, 0.25) is 0 Å². The summed E-state index contributed by atoms with van der Waals surface area (Å²) in [6.45, 7) is 5.02. The molecule has 1 aliphatic heterocycles. The number of likely N-dealkylation sites (tertiary alicyclic amines) is 1. The summed E-state index contributed by atoms with van der Waals surface area (Å²) in [5.41, 5.74) is -0.743. The Balaban J connectivity index is 1.82. The first-order valence-electron chi connectivity index (χ1n) is 7.34. The summed E-state index contributed by atoms with van der Waals surface area (Å²) in [6.07, 6.45) is 8.15. The van der Waals surface area contributed by atoms with Crippen molar-refractivity contribution < 1.29 is 9.90 Å². The van der Waals surface area contributed by atoms with Gasteiger partial charge < -0.3 is 10.0 Å². The monoisotopic (exact) mass is 254 g/mol. The van der Waals surface area contributed by atoms with Gasteiger partial charge in [-0.3, -0.25) is 10.1 Å². The Morgan fingerprint density at radius 2 is 1.89 bits per heavy atom. The number of hydrogen-bond acceptors (Lipinski definition) is 3. The number of rotatable bonds is 6. The van der Waals surface area contributed by atoms with Crippen LogP contribution in [0.15, 0.2) is 0 Å². The summed E-state index contributed by atoms with van der Waals surface area (Å²) < 4.78 is 0. The standard InChI is InChI=1S/C14H26N2O2/c1-14(13(17)18,15-12-6-7-12)8-11-16-9-4-2-3-5-10-16/h12,15H,2-11H2,1H3,(H,17,18). The molecular formula is C14H26N2O2. The number of nitrogens with one attached hydrogen (secondary N) is 1. The van der Waals surface area contributed by atoms with Crippen molar-refractivity contribution in [3.05, 3.63) is 0 Å². The summed E-state index contributed by atoms with van der Waals surface area (Å²) in [5, 5.41) is 12.7. The number of aliphatic carboxylic acids is 1. The molecular weight excluding hydrogens is 228 g/mol. The third kappa shape index (κ3) is 3.95. The van der Waals surface area contributed by atoms with Gasteiger partial charge in [-0.05, 0) is 52.1 Å².